The molecular weight excluding hydrogens is 262 g/mol. The van der Waals surface area contributed by atoms with Crippen LogP contribution >= 0.6 is 0 Å². The molecule has 108 valence electrons. The van der Waals surface area contributed by atoms with Crippen LogP contribution in [0.3, 0.4) is 0 Å². The Labute approximate surface area is 116 Å². The van der Waals surface area contributed by atoms with E-state index in [4.69, 9.17) is 15.6 Å². The van der Waals surface area contributed by atoms with Crippen molar-refractivity contribution in [1.29, 1.82) is 0 Å². The fraction of sp³-hybridized carbons (Fsp3) is 0.462. The number of nitrogens with zero attached hydrogens (tertiary/aromatic N) is 2. The van der Waals surface area contributed by atoms with E-state index in [0.29, 0.717) is 31.0 Å². The lowest BCUT2D eigenvalue weighted by molar-refractivity contribution is -0.142. The molecule has 1 aromatic rings. The van der Waals surface area contributed by atoms with Crippen LogP contribution < -0.4 is 10.6 Å². The van der Waals surface area contributed by atoms with Crippen LogP contribution in [-0.4, -0.2) is 47.3 Å². The molecule has 0 amide bonds. The number of ether oxygens (including phenoxy) is 1. The van der Waals surface area contributed by atoms with Crippen molar-refractivity contribution in [2.75, 3.05) is 24.6 Å². The van der Waals surface area contributed by atoms with Gasteiger partial charge in [-0.05, 0) is 25.5 Å². The molecule has 1 saturated heterocycles. The molecule has 1 aromatic heterocycles. The first kappa shape index (κ1) is 14.3. The molecule has 1 fully saturated rings. The van der Waals surface area contributed by atoms with Crippen LogP contribution in [0.5, 0.6) is 0 Å². The molecule has 0 aliphatic carbocycles. The second kappa shape index (κ2) is 5.46. The number of aliphatic carboxylic acids is 1. The molecule has 20 heavy (non-hydrogen) atoms. The minimum atomic E-state index is -1.23. The first-order valence-electron chi connectivity index (χ1n) is 6.36. The second-order valence-corrected chi connectivity index (χ2v) is 4.76. The Kier molecular flexibility index (Phi) is 3.89. The van der Waals surface area contributed by atoms with E-state index in [0.717, 1.165) is 0 Å². The maximum absolute atomic E-state index is 11.5. The molecule has 3 N–H and O–H groups in total. The summed E-state index contributed by atoms with van der Waals surface area (Å²) >= 11 is 0. The molecule has 1 atom stereocenters. The van der Waals surface area contributed by atoms with Gasteiger partial charge < -0.3 is 20.5 Å². The lowest BCUT2D eigenvalue weighted by Crippen LogP contribution is -2.50. The van der Waals surface area contributed by atoms with Crippen LogP contribution in [0.4, 0.5) is 5.82 Å². The number of carboxylic acids is 1. The number of hydrogen-bond donors (Lipinski definition) is 2. The Bertz CT molecular complexity index is 517. The molecule has 1 aliphatic rings. The number of hydrogen-bond acceptors (Lipinski definition) is 6. The van der Waals surface area contributed by atoms with Crippen molar-refractivity contribution in [3.63, 3.8) is 0 Å². The number of esters is 1. The first-order valence-corrected chi connectivity index (χ1v) is 6.36. The van der Waals surface area contributed by atoms with Gasteiger partial charge in [-0.15, -0.1) is 0 Å². The summed E-state index contributed by atoms with van der Waals surface area (Å²) in [6, 6.07) is 3.28. The van der Waals surface area contributed by atoms with Crippen molar-refractivity contribution in [2.45, 2.75) is 18.9 Å². The van der Waals surface area contributed by atoms with Crippen LogP contribution in [0.15, 0.2) is 18.3 Å². The zero-order chi connectivity index (χ0) is 14.8. The van der Waals surface area contributed by atoms with Gasteiger partial charge in [0, 0.05) is 19.3 Å². The van der Waals surface area contributed by atoms with E-state index >= 15 is 0 Å². The molecule has 7 nitrogen and oxygen atoms in total. The number of carboxylic acid groups (broad SMARTS) is 1. The first-order chi connectivity index (χ1) is 9.46. The molecular formula is C13H17N3O4. The highest BCUT2D eigenvalue weighted by Gasteiger charge is 2.41. The maximum atomic E-state index is 11.5. The van der Waals surface area contributed by atoms with Crippen LogP contribution in [0.1, 0.15) is 23.7 Å². The highest BCUT2D eigenvalue weighted by Crippen LogP contribution is 2.24. The summed E-state index contributed by atoms with van der Waals surface area (Å²) in [5, 5.41) is 9.08. The molecule has 1 aliphatic heterocycles. The maximum Gasteiger partial charge on any atom is 0.339 e. The normalized spacial score (nSPS) is 21.8. The van der Waals surface area contributed by atoms with Gasteiger partial charge in [-0.1, -0.05) is 0 Å². The van der Waals surface area contributed by atoms with Crippen LogP contribution in [-0.2, 0) is 9.53 Å². The third-order valence-corrected chi connectivity index (χ3v) is 3.31. The summed E-state index contributed by atoms with van der Waals surface area (Å²) in [6.45, 7) is 2.76. The zero-order valence-electron chi connectivity index (χ0n) is 11.2. The lowest BCUT2D eigenvalue weighted by Gasteiger charge is -2.20. The molecule has 0 radical (unpaired) electrons. The molecule has 7 heteroatoms. The molecule has 0 saturated carbocycles. The second-order valence-electron chi connectivity index (χ2n) is 4.76. The Morgan fingerprint density at radius 2 is 2.30 bits per heavy atom. The van der Waals surface area contributed by atoms with Crippen molar-refractivity contribution in [3.8, 4) is 0 Å². The number of pyridine rings is 1. The highest BCUT2D eigenvalue weighted by molar-refractivity contribution is 5.89. The summed E-state index contributed by atoms with van der Waals surface area (Å²) in [6.07, 6.45) is 1.79. The summed E-state index contributed by atoms with van der Waals surface area (Å²) in [5.74, 6) is -0.832. The summed E-state index contributed by atoms with van der Waals surface area (Å²) in [4.78, 5) is 28.5. The van der Waals surface area contributed by atoms with E-state index in [-0.39, 0.29) is 6.54 Å². The van der Waals surface area contributed by atoms with Crippen molar-refractivity contribution in [1.82, 2.24) is 4.98 Å². The monoisotopic (exact) mass is 279 g/mol. The van der Waals surface area contributed by atoms with Gasteiger partial charge in [0.05, 0.1) is 12.2 Å². The molecule has 2 rings (SSSR count). The fourth-order valence-corrected chi connectivity index (χ4v) is 2.11. The average molecular weight is 279 g/mol. The number of rotatable bonds is 4. The van der Waals surface area contributed by atoms with Crippen LogP contribution in [0.2, 0.25) is 0 Å². The largest absolute Gasteiger partial charge is 0.480 e. The Morgan fingerprint density at radius 3 is 2.80 bits per heavy atom. The van der Waals surface area contributed by atoms with Crippen LogP contribution in [0, 0.1) is 0 Å². The third kappa shape index (κ3) is 2.72. The zero-order valence-corrected chi connectivity index (χ0v) is 11.2. The van der Waals surface area contributed by atoms with Gasteiger partial charge in [-0.2, -0.15) is 0 Å². The van der Waals surface area contributed by atoms with Gasteiger partial charge in [-0.3, -0.25) is 4.79 Å². The predicted octanol–water partition coefficient (Wildman–Crippen LogP) is 0.251. The average Bonchev–Trinajstić information content (AvgIpc) is 2.83. The van der Waals surface area contributed by atoms with Gasteiger partial charge in [0.1, 0.15) is 11.4 Å². The quantitative estimate of drug-likeness (QED) is 0.761. The number of carbonyl (C=O) groups is 2. The van der Waals surface area contributed by atoms with E-state index in [1.807, 2.05) is 0 Å². The molecule has 2 heterocycles. The van der Waals surface area contributed by atoms with Crippen molar-refractivity contribution >= 4 is 17.8 Å². The van der Waals surface area contributed by atoms with E-state index in [1.165, 1.54) is 6.20 Å². The van der Waals surface area contributed by atoms with Gasteiger partial charge in [0.2, 0.25) is 0 Å². The fourth-order valence-electron chi connectivity index (χ4n) is 2.11. The van der Waals surface area contributed by atoms with E-state index in [9.17, 15) is 9.59 Å². The third-order valence-electron chi connectivity index (χ3n) is 3.31. The summed E-state index contributed by atoms with van der Waals surface area (Å²) in [5.41, 5.74) is 4.94. The molecule has 1 unspecified atom stereocenters. The lowest BCUT2D eigenvalue weighted by atomic mass is 10.0. The SMILES string of the molecule is CCOC(=O)c1ccc(N2CCC(N)(C(=O)O)C2)nc1. The van der Waals surface area contributed by atoms with Gasteiger partial charge in [0.25, 0.3) is 0 Å². The number of aromatic nitrogens is 1. The van der Waals surface area contributed by atoms with Gasteiger partial charge in [0.15, 0.2) is 0 Å². The highest BCUT2D eigenvalue weighted by atomic mass is 16.5. The Morgan fingerprint density at radius 1 is 1.55 bits per heavy atom. The minimum Gasteiger partial charge on any atom is -0.480 e. The number of nitrogens with two attached hydrogens (primary N) is 1. The summed E-state index contributed by atoms with van der Waals surface area (Å²) in [7, 11) is 0. The van der Waals surface area contributed by atoms with Crippen molar-refractivity contribution in [3.05, 3.63) is 23.9 Å². The topological polar surface area (TPSA) is 106 Å². The van der Waals surface area contributed by atoms with Crippen LogP contribution in [0.25, 0.3) is 0 Å². The molecule has 0 aromatic carbocycles. The number of anilines is 1. The van der Waals surface area contributed by atoms with Crippen molar-refractivity contribution < 1.29 is 19.4 Å². The summed E-state index contributed by atoms with van der Waals surface area (Å²) < 4.78 is 4.87. The predicted molar refractivity (Wildman–Crippen MR) is 71.6 cm³/mol. The van der Waals surface area contributed by atoms with E-state index < -0.39 is 17.5 Å². The molecule has 0 spiro atoms. The standard InChI is InChI=1S/C13H17N3O4/c1-2-20-11(17)9-3-4-10(15-7-9)16-6-5-13(14,8-16)12(18)19/h3-4,7H,2,5-6,8,14H2,1H3,(H,18,19). The van der Waals surface area contributed by atoms with E-state index in [1.54, 1.807) is 24.0 Å². The van der Waals surface area contributed by atoms with Gasteiger partial charge >= 0.3 is 11.9 Å². The Hall–Kier alpha value is -2.15. The smallest absolute Gasteiger partial charge is 0.339 e. The molecule has 0 bridgehead atoms. The van der Waals surface area contributed by atoms with E-state index in [2.05, 4.69) is 4.98 Å². The van der Waals surface area contributed by atoms with Gasteiger partial charge in [-0.25, -0.2) is 9.78 Å². The Balaban J connectivity index is 2.08. The van der Waals surface area contributed by atoms with Crippen molar-refractivity contribution in [2.24, 2.45) is 5.73 Å². The minimum absolute atomic E-state index is 0.202. The number of carbonyl (C=O) groups excluding carboxylic acids is 1.